The minimum Gasteiger partial charge on any atom is -0.496 e. The number of hydrogen-bond acceptors (Lipinski definition) is 5. The predicted octanol–water partition coefficient (Wildman–Crippen LogP) is 1.65. The largest absolute Gasteiger partial charge is 0.496 e. The van der Waals surface area contributed by atoms with Crippen LogP contribution in [0.3, 0.4) is 0 Å². The molecule has 0 spiro atoms. The predicted molar refractivity (Wildman–Crippen MR) is 81.3 cm³/mol. The summed E-state index contributed by atoms with van der Waals surface area (Å²) in [7, 11) is 1.47. The highest BCUT2D eigenvalue weighted by molar-refractivity contribution is 5.78. The standard InChI is InChI=1S/C16H18FN3O4/c1-23-14-5-2-4-13(17)12(14)10-20-9-11(18-19-20)8-16(15(21)22)6-3-7-24-16/h2,4-5,9H,3,6-8,10H2,1H3,(H,21,22). The Balaban J connectivity index is 1.78. The fraction of sp³-hybridized carbons (Fsp3) is 0.438. The third-order valence-corrected chi connectivity index (χ3v) is 4.16. The molecule has 1 aromatic heterocycles. The lowest BCUT2D eigenvalue weighted by molar-refractivity contribution is -0.160. The van der Waals surface area contributed by atoms with Crippen molar-refractivity contribution in [1.82, 2.24) is 15.0 Å². The van der Waals surface area contributed by atoms with Gasteiger partial charge in [-0.3, -0.25) is 0 Å². The summed E-state index contributed by atoms with van der Waals surface area (Å²) < 4.78 is 26.0. The minimum atomic E-state index is -1.24. The van der Waals surface area contributed by atoms with E-state index in [9.17, 15) is 14.3 Å². The Bertz CT molecular complexity index is 741. The van der Waals surface area contributed by atoms with Gasteiger partial charge in [0.25, 0.3) is 0 Å². The molecule has 8 heteroatoms. The first-order valence-electron chi connectivity index (χ1n) is 7.62. The third-order valence-electron chi connectivity index (χ3n) is 4.16. The van der Waals surface area contributed by atoms with Crippen LogP contribution in [0.25, 0.3) is 0 Å². The number of hydrogen-bond donors (Lipinski definition) is 1. The molecule has 7 nitrogen and oxygen atoms in total. The zero-order valence-corrected chi connectivity index (χ0v) is 13.2. The van der Waals surface area contributed by atoms with Crippen molar-refractivity contribution in [2.24, 2.45) is 0 Å². The molecular formula is C16H18FN3O4. The molecule has 24 heavy (non-hydrogen) atoms. The van der Waals surface area contributed by atoms with Gasteiger partial charge in [0.05, 0.1) is 24.9 Å². The highest BCUT2D eigenvalue weighted by atomic mass is 19.1. The van der Waals surface area contributed by atoms with E-state index < -0.39 is 17.4 Å². The quantitative estimate of drug-likeness (QED) is 0.864. The van der Waals surface area contributed by atoms with Crippen LogP contribution in [0.5, 0.6) is 5.75 Å². The first-order valence-corrected chi connectivity index (χ1v) is 7.62. The number of carboxylic acids is 1. The van der Waals surface area contributed by atoms with Crippen LogP contribution in [0.2, 0.25) is 0 Å². The molecule has 1 aromatic carbocycles. The van der Waals surface area contributed by atoms with E-state index in [4.69, 9.17) is 9.47 Å². The van der Waals surface area contributed by atoms with Gasteiger partial charge in [-0.1, -0.05) is 11.3 Å². The van der Waals surface area contributed by atoms with Crippen LogP contribution in [0.15, 0.2) is 24.4 Å². The van der Waals surface area contributed by atoms with Crippen LogP contribution < -0.4 is 4.74 Å². The number of carboxylic acid groups (broad SMARTS) is 1. The lowest BCUT2D eigenvalue weighted by Crippen LogP contribution is -2.40. The Kier molecular flexibility index (Phi) is 4.48. The lowest BCUT2D eigenvalue weighted by atomic mass is 9.95. The normalized spacial score (nSPS) is 20.2. The summed E-state index contributed by atoms with van der Waals surface area (Å²) in [4.78, 5) is 11.5. The summed E-state index contributed by atoms with van der Waals surface area (Å²) in [6, 6.07) is 4.59. The maximum atomic E-state index is 14.0. The van der Waals surface area contributed by atoms with E-state index in [0.717, 1.165) is 0 Å². The van der Waals surface area contributed by atoms with Gasteiger partial charge in [0.1, 0.15) is 11.6 Å². The van der Waals surface area contributed by atoms with Gasteiger partial charge in [-0.15, -0.1) is 5.10 Å². The van der Waals surface area contributed by atoms with Gasteiger partial charge < -0.3 is 14.6 Å². The Morgan fingerprint density at radius 2 is 2.38 bits per heavy atom. The lowest BCUT2D eigenvalue weighted by Gasteiger charge is -2.21. The van der Waals surface area contributed by atoms with Crippen molar-refractivity contribution in [3.05, 3.63) is 41.5 Å². The Labute approximate surface area is 138 Å². The van der Waals surface area contributed by atoms with Gasteiger partial charge in [0.2, 0.25) is 0 Å². The molecule has 2 aromatic rings. The van der Waals surface area contributed by atoms with Crippen LogP contribution in [0, 0.1) is 5.82 Å². The number of ether oxygens (including phenoxy) is 2. The second kappa shape index (κ2) is 6.56. The van der Waals surface area contributed by atoms with E-state index >= 15 is 0 Å². The summed E-state index contributed by atoms with van der Waals surface area (Å²) in [5.74, 6) is -0.967. The van der Waals surface area contributed by atoms with E-state index in [0.29, 0.717) is 36.5 Å². The first-order chi connectivity index (χ1) is 11.5. The van der Waals surface area contributed by atoms with Crippen molar-refractivity contribution in [2.45, 2.75) is 31.4 Å². The van der Waals surface area contributed by atoms with Gasteiger partial charge in [-0.2, -0.15) is 0 Å². The number of rotatable bonds is 6. The van der Waals surface area contributed by atoms with Crippen molar-refractivity contribution in [1.29, 1.82) is 0 Å². The second-order valence-electron chi connectivity index (χ2n) is 5.76. The first kappa shape index (κ1) is 16.4. The summed E-state index contributed by atoms with van der Waals surface area (Å²) in [6.07, 6.45) is 2.89. The number of benzene rings is 1. The van der Waals surface area contributed by atoms with Crippen LogP contribution in [-0.4, -0.2) is 45.4 Å². The fourth-order valence-corrected chi connectivity index (χ4v) is 2.92. The Hall–Kier alpha value is -2.48. The molecule has 128 valence electrons. The number of nitrogens with zero attached hydrogens (tertiary/aromatic N) is 3. The van der Waals surface area contributed by atoms with Crippen molar-refractivity contribution < 1.29 is 23.8 Å². The SMILES string of the molecule is COc1cccc(F)c1Cn1cc(CC2(C(=O)O)CCCO2)nn1. The maximum Gasteiger partial charge on any atom is 0.336 e. The smallest absolute Gasteiger partial charge is 0.336 e. The summed E-state index contributed by atoms with van der Waals surface area (Å²) in [6.45, 7) is 0.566. The molecule has 0 amide bonds. The number of carbonyl (C=O) groups is 1. The van der Waals surface area contributed by atoms with Gasteiger partial charge in [0, 0.05) is 19.2 Å². The van der Waals surface area contributed by atoms with E-state index in [1.165, 1.54) is 17.9 Å². The zero-order chi connectivity index (χ0) is 17.2. The molecule has 1 saturated heterocycles. The maximum absolute atomic E-state index is 14.0. The molecular weight excluding hydrogens is 317 g/mol. The van der Waals surface area contributed by atoms with Crippen LogP contribution in [0.4, 0.5) is 4.39 Å². The molecule has 0 saturated carbocycles. The molecule has 1 aliphatic heterocycles. The van der Waals surface area contributed by atoms with E-state index in [2.05, 4.69) is 10.3 Å². The van der Waals surface area contributed by atoms with Crippen LogP contribution in [0.1, 0.15) is 24.1 Å². The number of aromatic nitrogens is 3. The molecule has 0 radical (unpaired) electrons. The second-order valence-corrected chi connectivity index (χ2v) is 5.76. The minimum absolute atomic E-state index is 0.136. The summed E-state index contributed by atoms with van der Waals surface area (Å²) >= 11 is 0. The molecule has 1 aliphatic rings. The molecule has 1 fully saturated rings. The molecule has 1 N–H and O–H groups in total. The third kappa shape index (κ3) is 3.09. The average Bonchev–Trinajstić information content (AvgIpc) is 3.20. The van der Waals surface area contributed by atoms with Gasteiger partial charge >= 0.3 is 5.97 Å². The van der Waals surface area contributed by atoms with Crippen molar-refractivity contribution in [3.8, 4) is 5.75 Å². The molecule has 1 unspecified atom stereocenters. The molecule has 0 bridgehead atoms. The fourth-order valence-electron chi connectivity index (χ4n) is 2.92. The van der Waals surface area contributed by atoms with E-state index in [-0.39, 0.29) is 13.0 Å². The van der Waals surface area contributed by atoms with Crippen molar-refractivity contribution in [2.75, 3.05) is 13.7 Å². The zero-order valence-electron chi connectivity index (χ0n) is 13.2. The molecule has 3 rings (SSSR count). The van der Waals surface area contributed by atoms with E-state index in [1.54, 1.807) is 18.3 Å². The van der Waals surface area contributed by atoms with Gasteiger partial charge in [-0.05, 0) is 25.0 Å². The average molecular weight is 335 g/mol. The number of aliphatic carboxylic acids is 1. The molecule has 1 atom stereocenters. The highest BCUT2D eigenvalue weighted by Crippen LogP contribution is 2.29. The van der Waals surface area contributed by atoms with Crippen molar-refractivity contribution in [3.63, 3.8) is 0 Å². The van der Waals surface area contributed by atoms with Crippen LogP contribution >= 0.6 is 0 Å². The van der Waals surface area contributed by atoms with Gasteiger partial charge in [-0.25, -0.2) is 13.9 Å². The molecule has 2 heterocycles. The monoisotopic (exact) mass is 335 g/mol. The van der Waals surface area contributed by atoms with Gasteiger partial charge in [0.15, 0.2) is 5.60 Å². The summed E-state index contributed by atoms with van der Waals surface area (Å²) in [5.41, 5.74) is -0.382. The Morgan fingerprint density at radius 3 is 3.04 bits per heavy atom. The summed E-state index contributed by atoms with van der Waals surface area (Å²) in [5, 5.41) is 17.4. The van der Waals surface area contributed by atoms with Crippen molar-refractivity contribution >= 4 is 5.97 Å². The number of halogens is 1. The Morgan fingerprint density at radius 1 is 1.54 bits per heavy atom. The topological polar surface area (TPSA) is 86.5 Å². The molecule has 0 aliphatic carbocycles. The van der Waals surface area contributed by atoms with Crippen LogP contribution in [-0.2, 0) is 22.5 Å². The highest BCUT2D eigenvalue weighted by Gasteiger charge is 2.43. The van der Waals surface area contributed by atoms with E-state index in [1.807, 2.05) is 0 Å². The number of methoxy groups -OCH3 is 1.